The molecule has 3 rings (SSSR count). The average Bonchev–Trinajstić information content (AvgIpc) is 2.93. The van der Waals surface area contributed by atoms with Gasteiger partial charge in [-0.1, -0.05) is 11.6 Å². The highest BCUT2D eigenvalue weighted by Gasteiger charge is 2.37. The molecule has 18 heavy (non-hydrogen) atoms. The van der Waals surface area contributed by atoms with Crippen LogP contribution in [-0.2, 0) is 4.74 Å². The normalized spacial score (nSPS) is 22.7. The van der Waals surface area contributed by atoms with Crippen molar-refractivity contribution in [2.24, 2.45) is 0 Å². The lowest BCUT2D eigenvalue weighted by Gasteiger charge is -2.17. The summed E-state index contributed by atoms with van der Waals surface area (Å²) in [5.74, 6) is -0.375. The zero-order valence-corrected chi connectivity index (χ0v) is 10.3. The number of amides is 2. The number of hydrogen-bond acceptors (Lipinski definition) is 3. The lowest BCUT2D eigenvalue weighted by Crippen LogP contribution is -2.36. The number of fused-ring (bicyclic) bond motifs is 1. The first kappa shape index (κ1) is 11.4. The lowest BCUT2D eigenvalue weighted by atomic mass is 10.1. The van der Waals surface area contributed by atoms with E-state index in [0.717, 1.165) is 25.0 Å². The average molecular weight is 245 g/mol. The summed E-state index contributed by atoms with van der Waals surface area (Å²) >= 11 is 0. The molecule has 1 unspecified atom stereocenters. The van der Waals surface area contributed by atoms with Crippen molar-refractivity contribution < 1.29 is 14.3 Å². The Hall–Kier alpha value is -1.68. The molecular weight excluding hydrogens is 230 g/mol. The van der Waals surface area contributed by atoms with Crippen molar-refractivity contribution in [2.75, 3.05) is 13.2 Å². The van der Waals surface area contributed by atoms with Gasteiger partial charge < -0.3 is 4.74 Å². The minimum Gasteiger partial charge on any atom is -0.376 e. The Morgan fingerprint density at radius 2 is 2.06 bits per heavy atom. The Kier molecular flexibility index (Phi) is 2.67. The highest BCUT2D eigenvalue weighted by atomic mass is 16.5. The molecule has 1 aromatic carbocycles. The quantitative estimate of drug-likeness (QED) is 0.746. The highest BCUT2D eigenvalue weighted by Crippen LogP contribution is 2.25. The molecule has 1 atom stereocenters. The van der Waals surface area contributed by atoms with Crippen LogP contribution in [0.25, 0.3) is 0 Å². The van der Waals surface area contributed by atoms with Gasteiger partial charge in [0.2, 0.25) is 0 Å². The second-order valence-electron chi connectivity index (χ2n) is 4.90. The Labute approximate surface area is 106 Å². The van der Waals surface area contributed by atoms with E-state index in [1.165, 1.54) is 4.90 Å². The predicted octanol–water partition coefficient (Wildman–Crippen LogP) is 1.77. The molecule has 0 aromatic heterocycles. The van der Waals surface area contributed by atoms with Gasteiger partial charge in [-0.15, -0.1) is 0 Å². The number of hydrogen-bond donors (Lipinski definition) is 0. The molecule has 4 heteroatoms. The standard InChI is InChI=1S/C14H15NO3/c1-9-4-5-11-12(7-9)14(17)15(13(11)16)8-10-3-2-6-18-10/h4-5,7,10H,2-3,6,8H2,1H3. The Morgan fingerprint density at radius 3 is 2.78 bits per heavy atom. The summed E-state index contributed by atoms with van der Waals surface area (Å²) in [7, 11) is 0. The molecule has 0 radical (unpaired) electrons. The van der Waals surface area contributed by atoms with Crippen LogP contribution < -0.4 is 0 Å². The first-order valence-corrected chi connectivity index (χ1v) is 6.25. The summed E-state index contributed by atoms with van der Waals surface area (Å²) in [6.45, 7) is 3.03. The van der Waals surface area contributed by atoms with Gasteiger partial charge in [0.1, 0.15) is 0 Å². The molecule has 0 aliphatic carbocycles. The number of rotatable bonds is 2. The topological polar surface area (TPSA) is 46.6 Å². The Morgan fingerprint density at radius 1 is 1.28 bits per heavy atom. The van der Waals surface area contributed by atoms with Gasteiger partial charge in [-0.05, 0) is 31.9 Å². The predicted molar refractivity (Wildman–Crippen MR) is 65.5 cm³/mol. The van der Waals surface area contributed by atoms with Crippen molar-refractivity contribution in [3.8, 4) is 0 Å². The Balaban J connectivity index is 1.87. The van der Waals surface area contributed by atoms with Gasteiger partial charge in [-0.3, -0.25) is 14.5 Å². The van der Waals surface area contributed by atoms with Gasteiger partial charge in [-0.25, -0.2) is 0 Å². The molecule has 0 N–H and O–H groups in total. The van der Waals surface area contributed by atoms with Crippen molar-refractivity contribution in [2.45, 2.75) is 25.9 Å². The van der Waals surface area contributed by atoms with Crippen LogP contribution in [0.4, 0.5) is 0 Å². The fourth-order valence-electron chi connectivity index (χ4n) is 2.56. The number of imide groups is 1. The minimum atomic E-state index is -0.189. The zero-order valence-electron chi connectivity index (χ0n) is 10.3. The fourth-order valence-corrected chi connectivity index (χ4v) is 2.56. The molecule has 1 fully saturated rings. The number of benzene rings is 1. The molecule has 0 spiro atoms. The molecule has 1 aromatic rings. The van der Waals surface area contributed by atoms with E-state index in [4.69, 9.17) is 4.74 Å². The SMILES string of the molecule is Cc1ccc2c(c1)C(=O)N(CC1CCCO1)C2=O. The largest absolute Gasteiger partial charge is 0.376 e. The van der Waals surface area contributed by atoms with Crippen molar-refractivity contribution >= 4 is 11.8 Å². The second-order valence-corrected chi connectivity index (χ2v) is 4.90. The summed E-state index contributed by atoms with van der Waals surface area (Å²) in [6, 6.07) is 5.38. The van der Waals surface area contributed by atoms with E-state index >= 15 is 0 Å². The summed E-state index contributed by atoms with van der Waals surface area (Å²) < 4.78 is 5.49. The van der Waals surface area contributed by atoms with Crippen LogP contribution >= 0.6 is 0 Å². The number of ether oxygens (including phenoxy) is 1. The molecule has 2 amide bonds. The fraction of sp³-hybridized carbons (Fsp3) is 0.429. The van der Waals surface area contributed by atoms with Crippen LogP contribution in [0.5, 0.6) is 0 Å². The highest BCUT2D eigenvalue weighted by molar-refractivity contribution is 6.21. The van der Waals surface area contributed by atoms with Gasteiger partial charge >= 0.3 is 0 Å². The molecule has 4 nitrogen and oxygen atoms in total. The van der Waals surface area contributed by atoms with Crippen LogP contribution in [0, 0.1) is 6.92 Å². The van der Waals surface area contributed by atoms with Crippen LogP contribution in [0.3, 0.4) is 0 Å². The zero-order chi connectivity index (χ0) is 12.7. The molecule has 2 aliphatic rings. The van der Waals surface area contributed by atoms with Gasteiger partial charge in [-0.2, -0.15) is 0 Å². The third kappa shape index (κ3) is 1.73. The first-order valence-electron chi connectivity index (χ1n) is 6.25. The van der Waals surface area contributed by atoms with E-state index in [9.17, 15) is 9.59 Å². The summed E-state index contributed by atoms with van der Waals surface area (Å²) in [5, 5.41) is 0. The van der Waals surface area contributed by atoms with Crippen molar-refractivity contribution in [3.63, 3.8) is 0 Å². The molecule has 2 aliphatic heterocycles. The number of carbonyl (C=O) groups excluding carboxylic acids is 2. The van der Waals surface area contributed by atoms with Crippen molar-refractivity contribution in [1.29, 1.82) is 0 Å². The number of carbonyl (C=O) groups is 2. The lowest BCUT2D eigenvalue weighted by molar-refractivity contribution is 0.0475. The van der Waals surface area contributed by atoms with E-state index < -0.39 is 0 Å². The van der Waals surface area contributed by atoms with E-state index in [-0.39, 0.29) is 17.9 Å². The van der Waals surface area contributed by atoms with E-state index in [1.54, 1.807) is 12.1 Å². The molecular formula is C14H15NO3. The summed E-state index contributed by atoms with van der Waals surface area (Å²) in [5.41, 5.74) is 2.04. The maximum atomic E-state index is 12.2. The van der Waals surface area contributed by atoms with E-state index in [1.807, 2.05) is 13.0 Å². The maximum Gasteiger partial charge on any atom is 0.261 e. The molecule has 0 saturated carbocycles. The van der Waals surface area contributed by atoms with Gasteiger partial charge in [0.05, 0.1) is 23.8 Å². The van der Waals surface area contributed by atoms with Crippen LogP contribution in [0.1, 0.15) is 39.1 Å². The van der Waals surface area contributed by atoms with Crippen molar-refractivity contribution in [1.82, 2.24) is 4.90 Å². The Bertz CT molecular complexity index is 518. The third-order valence-corrected chi connectivity index (χ3v) is 3.54. The second kappa shape index (κ2) is 4.21. The molecule has 1 saturated heterocycles. The molecule has 94 valence electrons. The van der Waals surface area contributed by atoms with E-state index in [0.29, 0.717) is 17.7 Å². The monoisotopic (exact) mass is 245 g/mol. The van der Waals surface area contributed by atoms with E-state index in [2.05, 4.69) is 0 Å². The minimum absolute atomic E-state index is 0.00769. The smallest absolute Gasteiger partial charge is 0.261 e. The first-order chi connectivity index (χ1) is 8.66. The van der Waals surface area contributed by atoms with Crippen LogP contribution in [0.2, 0.25) is 0 Å². The summed E-state index contributed by atoms with van der Waals surface area (Å²) in [6.07, 6.45) is 1.94. The number of aryl methyl sites for hydroxylation is 1. The van der Waals surface area contributed by atoms with Gasteiger partial charge in [0.25, 0.3) is 11.8 Å². The van der Waals surface area contributed by atoms with Crippen LogP contribution in [-0.4, -0.2) is 36.0 Å². The van der Waals surface area contributed by atoms with Gasteiger partial charge in [0.15, 0.2) is 0 Å². The van der Waals surface area contributed by atoms with Gasteiger partial charge in [0, 0.05) is 6.61 Å². The van der Waals surface area contributed by atoms with Crippen LogP contribution in [0.15, 0.2) is 18.2 Å². The van der Waals surface area contributed by atoms with Crippen molar-refractivity contribution in [3.05, 3.63) is 34.9 Å². The molecule has 2 heterocycles. The maximum absolute atomic E-state index is 12.2. The molecule has 0 bridgehead atoms. The third-order valence-electron chi connectivity index (χ3n) is 3.54. The summed E-state index contributed by atoms with van der Waals surface area (Å²) in [4.78, 5) is 25.7. The number of nitrogens with zero attached hydrogens (tertiary/aromatic N) is 1.